The lowest BCUT2D eigenvalue weighted by Crippen LogP contribution is -2.52. The minimum atomic E-state index is -3.83. The highest BCUT2D eigenvalue weighted by Crippen LogP contribution is 2.29. The van der Waals surface area contributed by atoms with Gasteiger partial charge in [0.1, 0.15) is 0 Å². The van der Waals surface area contributed by atoms with Crippen LogP contribution in [0.25, 0.3) is 0 Å². The molecule has 11 heteroatoms. The van der Waals surface area contributed by atoms with Crippen molar-refractivity contribution < 1.29 is 22.8 Å². The zero-order chi connectivity index (χ0) is 17.8. The molecule has 1 aromatic carbocycles. The molecule has 142 valence electrons. The van der Waals surface area contributed by atoms with Gasteiger partial charge >= 0.3 is 5.69 Å². The Hall–Kier alpha value is -1.46. The van der Waals surface area contributed by atoms with E-state index < -0.39 is 20.5 Å². The number of hydrogen-bond acceptors (Lipinski definition) is 7. The number of benzene rings is 1. The van der Waals surface area contributed by atoms with Gasteiger partial charge in [0.2, 0.25) is 10.0 Å². The first-order valence-electron chi connectivity index (χ1n) is 7.40. The molecule has 1 heterocycles. The van der Waals surface area contributed by atoms with Gasteiger partial charge in [-0.3, -0.25) is 10.1 Å². The lowest BCUT2D eigenvalue weighted by atomic mass is 9.99. The van der Waals surface area contributed by atoms with Gasteiger partial charge in [0.05, 0.1) is 29.1 Å². The quantitative estimate of drug-likeness (QED) is 0.499. The number of sulfonamides is 1. The number of halogens is 1. The smallest absolute Gasteiger partial charge is 0.310 e. The van der Waals surface area contributed by atoms with Crippen LogP contribution in [-0.4, -0.2) is 52.8 Å². The summed E-state index contributed by atoms with van der Waals surface area (Å²) < 4.78 is 37.6. The molecule has 1 atom stereocenters. The fourth-order valence-electron chi connectivity index (χ4n) is 2.76. The Kier molecular flexibility index (Phi) is 7.57. The van der Waals surface area contributed by atoms with Crippen molar-refractivity contribution in [3.05, 3.63) is 28.3 Å². The molecule has 0 aliphatic carbocycles. The van der Waals surface area contributed by atoms with E-state index in [0.717, 1.165) is 31.5 Å². The van der Waals surface area contributed by atoms with Crippen LogP contribution in [0.5, 0.6) is 5.75 Å². The maximum Gasteiger partial charge on any atom is 0.310 e. The van der Waals surface area contributed by atoms with Crippen molar-refractivity contribution in [2.75, 3.05) is 33.9 Å². The summed E-state index contributed by atoms with van der Waals surface area (Å²) in [5.41, 5.74) is -0.725. The van der Waals surface area contributed by atoms with Crippen molar-refractivity contribution in [3.63, 3.8) is 0 Å². The van der Waals surface area contributed by atoms with Crippen molar-refractivity contribution in [1.82, 2.24) is 10.0 Å². The van der Waals surface area contributed by atoms with Gasteiger partial charge in [-0.15, -0.1) is 12.4 Å². The number of nitrogens with one attached hydrogen (secondary N) is 2. The zero-order valence-electron chi connectivity index (χ0n) is 14.0. The van der Waals surface area contributed by atoms with Crippen LogP contribution in [0.1, 0.15) is 12.8 Å². The average molecular weight is 396 g/mol. The normalized spacial score (nSPS) is 20.1. The number of nitrogens with zero attached hydrogens (tertiary/aromatic N) is 1. The van der Waals surface area contributed by atoms with Crippen LogP contribution in [0.15, 0.2) is 23.1 Å². The second kappa shape index (κ2) is 8.77. The van der Waals surface area contributed by atoms with Crippen LogP contribution in [0, 0.1) is 10.1 Å². The molecule has 0 amide bonds. The minimum absolute atomic E-state index is 0. The molecule has 2 N–H and O–H groups in total. The summed E-state index contributed by atoms with van der Waals surface area (Å²) in [6.07, 6.45) is 1.74. The molecule has 25 heavy (non-hydrogen) atoms. The summed E-state index contributed by atoms with van der Waals surface area (Å²) >= 11 is 0. The minimum Gasteiger partial charge on any atom is -0.490 e. The Bertz CT molecular complexity index is 707. The van der Waals surface area contributed by atoms with E-state index in [9.17, 15) is 18.5 Å². The van der Waals surface area contributed by atoms with Crippen molar-refractivity contribution in [1.29, 1.82) is 0 Å². The largest absolute Gasteiger partial charge is 0.490 e. The van der Waals surface area contributed by atoms with Crippen LogP contribution in [0.4, 0.5) is 5.69 Å². The molecule has 9 nitrogen and oxygen atoms in total. The first kappa shape index (κ1) is 21.6. The summed E-state index contributed by atoms with van der Waals surface area (Å²) in [6.45, 7) is 1.36. The number of ether oxygens (including phenoxy) is 2. The van der Waals surface area contributed by atoms with Crippen LogP contribution in [0.3, 0.4) is 0 Å². The predicted octanol–water partition coefficient (Wildman–Crippen LogP) is 1.07. The molecule has 1 unspecified atom stereocenters. The van der Waals surface area contributed by atoms with Gasteiger partial charge in [-0.2, -0.15) is 0 Å². The molecule has 1 fully saturated rings. The third-order valence-electron chi connectivity index (χ3n) is 4.01. The molecule has 1 aliphatic rings. The first-order chi connectivity index (χ1) is 11.3. The summed E-state index contributed by atoms with van der Waals surface area (Å²) in [7, 11) is -1.01. The highest BCUT2D eigenvalue weighted by Gasteiger charge is 2.35. The predicted molar refractivity (Wildman–Crippen MR) is 93.9 cm³/mol. The second-order valence-electron chi connectivity index (χ2n) is 5.66. The van der Waals surface area contributed by atoms with Gasteiger partial charge in [0.15, 0.2) is 5.75 Å². The Morgan fingerprint density at radius 2 is 2.12 bits per heavy atom. The van der Waals surface area contributed by atoms with Gasteiger partial charge < -0.3 is 14.8 Å². The van der Waals surface area contributed by atoms with Gasteiger partial charge in [-0.05, 0) is 25.5 Å². The van der Waals surface area contributed by atoms with E-state index in [4.69, 9.17) is 9.47 Å². The van der Waals surface area contributed by atoms with Gasteiger partial charge in [0, 0.05) is 25.8 Å². The van der Waals surface area contributed by atoms with E-state index in [1.165, 1.54) is 13.2 Å². The van der Waals surface area contributed by atoms with Gasteiger partial charge in [0.25, 0.3) is 0 Å². The molecule has 2 rings (SSSR count). The van der Waals surface area contributed by atoms with Crippen LogP contribution >= 0.6 is 12.4 Å². The average Bonchev–Trinajstić information content (AvgIpc) is 3.01. The van der Waals surface area contributed by atoms with Crippen molar-refractivity contribution in [3.8, 4) is 5.75 Å². The van der Waals surface area contributed by atoms with Crippen molar-refractivity contribution in [2.24, 2.45) is 0 Å². The SMILES string of the molecule is COCC1(CNS(=O)(=O)c2ccc([N+](=O)[O-])c(OC)c2)CCCN1.Cl. The standard InChI is InChI=1S/C14H21N3O6S.ClH/c1-22-10-14(6-3-7-15-14)9-16-24(20,21)11-4-5-12(17(18)19)13(8-11)23-2;/h4-5,8,15-16H,3,6-7,9-10H2,1-2H3;1H. The molecule has 0 spiro atoms. The number of methoxy groups -OCH3 is 2. The topological polar surface area (TPSA) is 120 Å². The summed E-state index contributed by atoms with van der Waals surface area (Å²) in [5, 5.41) is 14.2. The summed E-state index contributed by atoms with van der Waals surface area (Å²) in [5.74, 6) is -0.103. The van der Waals surface area contributed by atoms with E-state index in [-0.39, 0.29) is 35.3 Å². The lowest BCUT2D eigenvalue weighted by molar-refractivity contribution is -0.385. The maximum atomic E-state index is 12.5. The molecular weight excluding hydrogens is 374 g/mol. The molecule has 0 aromatic heterocycles. The van der Waals surface area contributed by atoms with Crippen LogP contribution in [-0.2, 0) is 14.8 Å². The molecule has 1 aliphatic heterocycles. The van der Waals surface area contributed by atoms with E-state index in [0.29, 0.717) is 6.61 Å². The number of nitro groups is 1. The fraction of sp³-hybridized carbons (Fsp3) is 0.571. The highest BCUT2D eigenvalue weighted by atomic mass is 35.5. The van der Waals surface area contributed by atoms with E-state index in [1.54, 1.807) is 7.11 Å². The molecule has 1 saturated heterocycles. The van der Waals surface area contributed by atoms with E-state index in [1.807, 2.05) is 0 Å². The monoisotopic (exact) mass is 395 g/mol. The van der Waals surface area contributed by atoms with Gasteiger partial charge in [-0.1, -0.05) is 0 Å². The number of hydrogen-bond donors (Lipinski definition) is 2. The number of nitro benzene ring substituents is 1. The Balaban J connectivity index is 0.00000312. The third-order valence-corrected chi connectivity index (χ3v) is 5.41. The molecule has 0 saturated carbocycles. The lowest BCUT2D eigenvalue weighted by Gasteiger charge is -2.28. The van der Waals surface area contributed by atoms with E-state index in [2.05, 4.69) is 10.0 Å². The van der Waals surface area contributed by atoms with Crippen LogP contribution < -0.4 is 14.8 Å². The summed E-state index contributed by atoms with van der Waals surface area (Å²) in [6, 6.07) is 3.45. The fourth-order valence-corrected chi connectivity index (χ4v) is 3.90. The Morgan fingerprint density at radius 1 is 1.40 bits per heavy atom. The van der Waals surface area contributed by atoms with E-state index >= 15 is 0 Å². The summed E-state index contributed by atoms with van der Waals surface area (Å²) in [4.78, 5) is 10.2. The molecule has 0 bridgehead atoms. The highest BCUT2D eigenvalue weighted by molar-refractivity contribution is 7.89. The van der Waals surface area contributed by atoms with Crippen LogP contribution in [0.2, 0.25) is 0 Å². The maximum absolute atomic E-state index is 12.5. The zero-order valence-corrected chi connectivity index (χ0v) is 15.6. The Labute approximate surface area is 152 Å². The molecular formula is C14H22ClN3O6S. The first-order valence-corrected chi connectivity index (χ1v) is 8.88. The second-order valence-corrected chi connectivity index (χ2v) is 7.43. The Morgan fingerprint density at radius 3 is 2.64 bits per heavy atom. The number of rotatable bonds is 8. The molecule has 1 aromatic rings. The van der Waals surface area contributed by atoms with Crippen molar-refractivity contribution >= 4 is 28.1 Å². The van der Waals surface area contributed by atoms with Crippen molar-refractivity contribution in [2.45, 2.75) is 23.3 Å². The molecule has 0 radical (unpaired) electrons. The van der Waals surface area contributed by atoms with Gasteiger partial charge in [-0.25, -0.2) is 13.1 Å². The third kappa shape index (κ3) is 5.02.